The van der Waals surface area contributed by atoms with Crippen LogP contribution in [0.4, 0.5) is 0 Å². The van der Waals surface area contributed by atoms with Crippen molar-refractivity contribution in [3.8, 4) is 0 Å². The molecule has 90 valence electrons. The van der Waals surface area contributed by atoms with E-state index in [0.29, 0.717) is 6.54 Å². The predicted molar refractivity (Wildman–Crippen MR) is 66.0 cm³/mol. The van der Waals surface area contributed by atoms with Crippen molar-refractivity contribution in [3.05, 3.63) is 12.7 Å². The van der Waals surface area contributed by atoms with E-state index in [9.17, 15) is 0 Å². The average Bonchev–Trinajstić information content (AvgIpc) is 2.16. The van der Waals surface area contributed by atoms with Gasteiger partial charge in [0.1, 0.15) is 0 Å². The van der Waals surface area contributed by atoms with Gasteiger partial charge in [-0.2, -0.15) is 0 Å². The zero-order chi connectivity index (χ0) is 11.9. The number of hydrogen-bond donors (Lipinski definition) is 1. The van der Waals surface area contributed by atoms with Crippen molar-refractivity contribution in [2.24, 2.45) is 5.73 Å². The zero-order valence-electron chi connectivity index (χ0n) is 10.6. The molecule has 0 aromatic rings. The molecule has 0 bridgehead atoms. The fourth-order valence-electron chi connectivity index (χ4n) is 1.49. The maximum Gasteiger partial charge on any atom is 0.0705 e. The molecule has 0 saturated heterocycles. The number of hydrogen-bond acceptors (Lipinski definition) is 3. The van der Waals surface area contributed by atoms with E-state index in [4.69, 9.17) is 10.5 Å². The second-order valence-corrected chi connectivity index (χ2v) is 4.79. The Bertz CT molecular complexity index is 171. The van der Waals surface area contributed by atoms with E-state index >= 15 is 0 Å². The zero-order valence-corrected chi connectivity index (χ0v) is 10.6. The molecule has 0 amide bonds. The smallest absolute Gasteiger partial charge is 0.0705 e. The summed E-state index contributed by atoms with van der Waals surface area (Å²) in [6.45, 7) is 12.9. The standard InChI is InChI=1S/C12H26N2O/c1-6-8-14(12(2,3)4)9-7-11(10-13)15-5/h6,11H,1,7-10,13H2,2-5H3. The maximum atomic E-state index is 5.59. The van der Waals surface area contributed by atoms with Crippen LogP contribution in [0.5, 0.6) is 0 Å². The number of ether oxygens (including phenoxy) is 1. The van der Waals surface area contributed by atoms with Crippen molar-refractivity contribution in [1.82, 2.24) is 4.90 Å². The fraction of sp³-hybridized carbons (Fsp3) is 0.833. The van der Waals surface area contributed by atoms with E-state index < -0.39 is 0 Å². The first kappa shape index (κ1) is 14.6. The average molecular weight is 214 g/mol. The van der Waals surface area contributed by atoms with Gasteiger partial charge in [-0.1, -0.05) is 6.08 Å². The Hall–Kier alpha value is -0.380. The van der Waals surface area contributed by atoms with Crippen molar-refractivity contribution in [2.75, 3.05) is 26.7 Å². The summed E-state index contributed by atoms with van der Waals surface area (Å²) in [5, 5.41) is 0. The molecule has 0 aliphatic carbocycles. The Labute approximate surface area is 94.3 Å². The van der Waals surface area contributed by atoms with Crippen LogP contribution >= 0.6 is 0 Å². The van der Waals surface area contributed by atoms with Crippen molar-refractivity contribution in [3.63, 3.8) is 0 Å². The number of nitrogens with zero attached hydrogens (tertiary/aromatic N) is 1. The van der Waals surface area contributed by atoms with Crippen LogP contribution in [0.2, 0.25) is 0 Å². The summed E-state index contributed by atoms with van der Waals surface area (Å²) >= 11 is 0. The lowest BCUT2D eigenvalue weighted by Gasteiger charge is -2.35. The van der Waals surface area contributed by atoms with Crippen LogP contribution in [0.1, 0.15) is 27.2 Å². The monoisotopic (exact) mass is 214 g/mol. The largest absolute Gasteiger partial charge is 0.380 e. The van der Waals surface area contributed by atoms with Crippen molar-refractivity contribution in [1.29, 1.82) is 0 Å². The summed E-state index contributed by atoms with van der Waals surface area (Å²) in [4.78, 5) is 2.38. The second-order valence-electron chi connectivity index (χ2n) is 4.79. The molecular formula is C12H26N2O. The van der Waals surface area contributed by atoms with Gasteiger partial charge in [-0.05, 0) is 27.2 Å². The van der Waals surface area contributed by atoms with E-state index in [0.717, 1.165) is 19.5 Å². The Morgan fingerprint density at radius 2 is 2.07 bits per heavy atom. The first-order valence-electron chi connectivity index (χ1n) is 5.54. The van der Waals surface area contributed by atoms with Crippen LogP contribution in [-0.4, -0.2) is 43.3 Å². The highest BCUT2D eigenvalue weighted by Gasteiger charge is 2.20. The van der Waals surface area contributed by atoms with Crippen LogP contribution in [-0.2, 0) is 4.74 Å². The molecule has 3 nitrogen and oxygen atoms in total. The molecule has 0 fully saturated rings. The van der Waals surface area contributed by atoms with Gasteiger partial charge in [0.15, 0.2) is 0 Å². The summed E-state index contributed by atoms with van der Waals surface area (Å²) in [6, 6.07) is 0. The van der Waals surface area contributed by atoms with E-state index in [-0.39, 0.29) is 11.6 Å². The summed E-state index contributed by atoms with van der Waals surface area (Å²) in [5.74, 6) is 0. The summed E-state index contributed by atoms with van der Waals surface area (Å²) < 4.78 is 5.26. The van der Waals surface area contributed by atoms with Gasteiger partial charge in [-0.25, -0.2) is 0 Å². The van der Waals surface area contributed by atoms with Crippen molar-refractivity contribution < 1.29 is 4.74 Å². The molecule has 15 heavy (non-hydrogen) atoms. The summed E-state index contributed by atoms with van der Waals surface area (Å²) in [5.41, 5.74) is 5.76. The quantitative estimate of drug-likeness (QED) is 0.655. The van der Waals surface area contributed by atoms with Gasteiger partial charge in [0.05, 0.1) is 6.10 Å². The minimum atomic E-state index is 0.166. The van der Waals surface area contributed by atoms with Gasteiger partial charge >= 0.3 is 0 Å². The molecule has 0 saturated carbocycles. The lowest BCUT2D eigenvalue weighted by molar-refractivity contribution is 0.0731. The number of rotatable bonds is 7. The highest BCUT2D eigenvalue weighted by atomic mass is 16.5. The van der Waals surface area contributed by atoms with Crippen LogP contribution in [0, 0.1) is 0 Å². The summed E-state index contributed by atoms with van der Waals surface area (Å²) in [7, 11) is 1.71. The van der Waals surface area contributed by atoms with E-state index in [2.05, 4.69) is 32.3 Å². The van der Waals surface area contributed by atoms with Crippen molar-refractivity contribution in [2.45, 2.75) is 38.8 Å². The van der Waals surface area contributed by atoms with Gasteiger partial charge in [-0.3, -0.25) is 4.90 Å². The summed E-state index contributed by atoms with van der Waals surface area (Å²) in [6.07, 6.45) is 3.08. The van der Waals surface area contributed by atoms with E-state index in [1.54, 1.807) is 7.11 Å². The molecule has 0 heterocycles. The highest BCUT2D eigenvalue weighted by molar-refractivity contribution is 4.83. The van der Waals surface area contributed by atoms with Crippen LogP contribution < -0.4 is 5.73 Å². The SMILES string of the molecule is C=CCN(CCC(CN)OC)C(C)(C)C. The first-order valence-corrected chi connectivity index (χ1v) is 5.54. The highest BCUT2D eigenvalue weighted by Crippen LogP contribution is 2.14. The van der Waals surface area contributed by atoms with Gasteiger partial charge < -0.3 is 10.5 Å². The molecule has 0 aliphatic heterocycles. The Morgan fingerprint density at radius 1 is 1.47 bits per heavy atom. The van der Waals surface area contributed by atoms with Crippen LogP contribution in [0.25, 0.3) is 0 Å². The lowest BCUT2D eigenvalue weighted by Crippen LogP contribution is -2.43. The topological polar surface area (TPSA) is 38.5 Å². The van der Waals surface area contributed by atoms with Gasteiger partial charge in [0.2, 0.25) is 0 Å². The van der Waals surface area contributed by atoms with E-state index in [1.165, 1.54) is 0 Å². The third-order valence-electron chi connectivity index (χ3n) is 2.62. The minimum absolute atomic E-state index is 0.166. The van der Waals surface area contributed by atoms with Crippen LogP contribution in [0.3, 0.4) is 0 Å². The molecule has 0 aliphatic rings. The normalized spacial score (nSPS) is 14.3. The van der Waals surface area contributed by atoms with Gasteiger partial charge in [0, 0.05) is 32.3 Å². The Kier molecular flexibility index (Phi) is 6.81. The molecule has 0 aromatic carbocycles. The van der Waals surface area contributed by atoms with Crippen molar-refractivity contribution >= 4 is 0 Å². The number of methoxy groups -OCH3 is 1. The Morgan fingerprint density at radius 3 is 2.40 bits per heavy atom. The molecule has 0 rings (SSSR count). The maximum absolute atomic E-state index is 5.59. The second kappa shape index (κ2) is 6.99. The predicted octanol–water partition coefficient (Wildman–Crippen LogP) is 1.64. The first-order chi connectivity index (χ1) is 6.95. The molecular weight excluding hydrogens is 188 g/mol. The van der Waals surface area contributed by atoms with Gasteiger partial charge in [-0.15, -0.1) is 6.58 Å². The molecule has 1 atom stereocenters. The molecule has 1 unspecified atom stereocenters. The third-order valence-corrected chi connectivity index (χ3v) is 2.62. The lowest BCUT2D eigenvalue weighted by atomic mass is 10.0. The molecule has 3 heteroatoms. The number of nitrogens with two attached hydrogens (primary N) is 1. The van der Waals surface area contributed by atoms with Gasteiger partial charge in [0.25, 0.3) is 0 Å². The fourth-order valence-corrected chi connectivity index (χ4v) is 1.49. The minimum Gasteiger partial charge on any atom is -0.380 e. The van der Waals surface area contributed by atoms with Crippen LogP contribution in [0.15, 0.2) is 12.7 Å². The Balaban J connectivity index is 4.12. The molecule has 0 aromatic heterocycles. The molecule has 0 radical (unpaired) electrons. The molecule has 0 spiro atoms. The van der Waals surface area contributed by atoms with E-state index in [1.807, 2.05) is 6.08 Å². The third kappa shape index (κ3) is 5.92. The molecule has 2 N–H and O–H groups in total.